The molecule has 1 heterocycles. The fourth-order valence-electron chi connectivity index (χ4n) is 2.50. The lowest BCUT2D eigenvalue weighted by Gasteiger charge is -2.30. The minimum absolute atomic E-state index is 0.00224. The number of carbonyl (C=O) groups is 1. The Kier molecular flexibility index (Phi) is 6.57. The maximum Gasteiger partial charge on any atom is 0.229 e. The molecule has 0 radical (unpaired) electrons. The van der Waals surface area contributed by atoms with Crippen molar-refractivity contribution in [3.05, 3.63) is 0 Å². The Morgan fingerprint density at radius 1 is 1.61 bits per heavy atom. The van der Waals surface area contributed by atoms with Crippen LogP contribution >= 0.6 is 12.2 Å². The van der Waals surface area contributed by atoms with E-state index >= 15 is 0 Å². The van der Waals surface area contributed by atoms with Crippen LogP contribution in [0.3, 0.4) is 0 Å². The summed E-state index contributed by atoms with van der Waals surface area (Å²) >= 11 is 4.96. The van der Waals surface area contributed by atoms with Gasteiger partial charge in [-0.05, 0) is 38.8 Å². The predicted octanol–water partition coefficient (Wildman–Crippen LogP) is 1.15. The summed E-state index contributed by atoms with van der Waals surface area (Å²) < 4.78 is 0. The summed E-state index contributed by atoms with van der Waals surface area (Å²) in [5, 5.41) is 3.01. The third-order valence-electron chi connectivity index (χ3n) is 3.52. The zero-order chi connectivity index (χ0) is 13.5. The van der Waals surface area contributed by atoms with E-state index in [-0.39, 0.29) is 11.8 Å². The summed E-state index contributed by atoms with van der Waals surface area (Å²) in [5.74, 6) is 0.255. The molecule has 104 valence electrons. The molecule has 2 atom stereocenters. The largest absolute Gasteiger partial charge is 0.393 e. The van der Waals surface area contributed by atoms with Crippen molar-refractivity contribution < 1.29 is 4.79 Å². The molecule has 1 rings (SSSR count). The number of nitrogens with two attached hydrogens (primary N) is 1. The number of hydrogen-bond acceptors (Lipinski definition) is 3. The lowest BCUT2D eigenvalue weighted by Crippen LogP contribution is -2.43. The van der Waals surface area contributed by atoms with Crippen molar-refractivity contribution in [3.63, 3.8) is 0 Å². The highest BCUT2D eigenvalue weighted by atomic mass is 32.1. The first-order chi connectivity index (χ1) is 8.54. The molecule has 5 heteroatoms. The van der Waals surface area contributed by atoms with Gasteiger partial charge in [0.1, 0.15) is 0 Å². The topological polar surface area (TPSA) is 58.4 Å². The maximum atomic E-state index is 12.0. The average Bonchev–Trinajstić information content (AvgIpc) is 2.32. The molecule has 0 aromatic carbocycles. The van der Waals surface area contributed by atoms with Gasteiger partial charge in [0, 0.05) is 13.1 Å². The van der Waals surface area contributed by atoms with E-state index in [0.29, 0.717) is 10.9 Å². The second kappa shape index (κ2) is 7.69. The summed E-state index contributed by atoms with van der Waals surface area (Å²) in [6.07, 6.45) is 4.06. The van der Waals surface area contributed by atoms with E-state index in [0.717, 1.165) is 32.5 Å². The summed E-state index contributed by atoms with van der Waals surface area (Å²) in [6.45, 7) is 5.00. The molecule has 1 aliphatic rings. The minimum Gasteiger partial charge on any atom is -0.393 e. The number of nitrogens with one attached hydrogen (secondary N) is 1. The van der Waals surface area contributed by atoms with Crippen molar-refractivity contribution in [2.75, 3.05) is 26.7 Å². The monoisotopic (exact) mass is 271 g/mol. The quantitative estimate of drug-likeness (QED) is 0.712. The Balaban J connectivity index is 2.36. The number of hydrogen-bond donors (Lipinski definition) is 2. The highest BCUT2D eigenvalue weighted by Crippen LogP contribution is 2.14. The van der Waals surface area contributed by atoms with E-state index in [1.807, 2.05) is 6.92 Å². The second-order valence-corrected chi connectivity index (χ2v) is 5.73. The van der Waals surface area contributed by atoms with Crippen molar-refractivity contribution in [1.29, 1.82) is 0 Å². The lowest BCUT2D eigenvalue weighted by molar-refractivity contribution is -0.123. The third-order valence-corrected chi connectivity index (χ3v) is 3.81. The predicted molar refractivity (Wildman–Crippen MR) is 78.4 cm³/mol. The molecular formula is C13H25N3OS. The van der Waals surface area contributed by atoms with Gasteiger partial charge < -0.3 is 16.0 Å². The van der Waals surface area contributed by atoms with Crippen LogP contribution in [0.25, 0.3) is 0 Å². The van der Waals surface area contributed by atoms with E-state index in [1.54, 1.807) is 0 Å². The van der Waals surface area contributed by atoms with Crippen molar-refractivity contribution in [3.8, 4) is 0 Å². The van der Waals surface area contributed by atoms with Crippen LogP contribution in [0.15, 0.2) is 0 Å². The Labute approximate surface area is 115 Å². The van der Waals surface area contributed by atoms with Crippen LogP contribution < -0.4 is 11.1 Å². The van der Waals surface area contributed by atoms with Crippen LogP contribution in [-0.4, -0.2) is 42.5 Å². The number of carbonyl (C=O) groups excluding carboxylic acids is 1. The normalized spacial score (nSPS) is 22.4. The number of rotatable bonds is 6. The third kappa shape index (κ3) is 4.90. The summed E-state index contributed by atoms with van der Waals surface area (Å²) in [6, 6.07) is 0. The van der Waals surface area contributed by atoms with Gasteiger partial charge in [-0.25, -0.2) is 0 Å². The molecule has 0 aliphatic carbocycles. The van der Waals surface area contributed by atoms with Crippen LogP contribution in [0.1, 0.15) is 32.6 Å². The Morgan fingerprint density at radius 3 is 2.89 bits per heavy atom. The van der Waals surface area contributed by atoms with Crippen LogP contribution in [-0.2, 0) is 4.79 Å². The van der Waals surface area contributed by atoms with E-state index in [9.17, 15) is 4.79 Å². The first-order valence-electron chi connectivity index (χ1n) is 6.80. The van der Waals surface area contributed by atoms with Gasteiger partial charge >= 0.3 is 0 Å². The van der Waals surface area contributed by atoms with Crippen LogP contribution in [0, 0.1) is 11.8 Å². The minimum atomic E-state index is -0.300. The maximum absolute atomic E-state index is 12.0. The molecule has 4 nitrogen and oxygen atoms in total. The molecule has 1 aliphatic heterocycles. The molecule has 1 amide bonds. The molecular weight excluding hydrogens is 246 g/mol. The highest BCUT2D eigenvalue weighted by molar-refractivity contribution is 7.80. The fourth-order valence-corrected chi connectivity index (χ4v) is 2.72. The van der Waals surface area contributed by atoms with E-state index in [1.165, 1.54) is 12.8 Å². The molecule has 0 bridgehead atoms. The molecule has 18 heavy (non-hydrogen) atoms. The van der Waals surface area contributed by atoms with Gasteiger partial charge in [-0.15, -0.1) is 0 Å². The number of likely N-dealkylation sites (tertiary alicyclic amines) is 1. The van der Waals surface area contributed by atoms with Crippen molar-refractivity contribution in [1.82, 2.24) is 10.2 Å². The summed E-state index contributed by atoms with van der Waals surface area (Å²) in [4.78, 5) is 14.6. The van der Waals surface area contributed by atoms with Crippen LogP contribution in [0.2, 0.25) is 0 Å². The van der Waals surface area contributed by atoms with Gasteiger partial charge in [-0.3, -0.25) is 4.79 Å². The molecule has 1 fully saturated rings. The Morgan fingerprint density at radius 2 is 2.33 bits per heavy atom. The summed E-state index contributed by atoms with van der Waals surface area (Å²) in [5.41, 5.74) is 5.62. The number of nitrogens with zero attached hydrogens (tertiary/aromatic N) is 1. The van der Waals surface area contributed by atoms with Gasteiger partial charge in [-0.1, -0.05) is 25.6 Å². The first-order valence-corrected chi connectivity index (χ1v) is 7.21. The average molecular weight is 271 g/mol. The molecule has 0 aromatic heterocycles. The second-order valence-electron chi connectivity index (χ2n) is 5.26. The Bertz CT molecular complexity index is 296. The van der Waals surface area contributed by atoms with Gasteiger partial charge in [0.15, 0.2) is 0 Å². The fraction of sp³-hybridized carbons (Fsp3) is 0.846. The van der Waals surface area contributed by atoms with E-state index < -0.39 is 0 Å². The zero-order valence-electron chi connectivity index (χ0n) is 11.4. The van der Waals surface area contributed by atoms with Crippen LogP contribution in [0.4, 0.5) is 0 Å². The van der Waals surface area contributed by atoms with Gasteiger partial charge in [0.2, 0.25) is 5.91 Å². The lowest BCUT2D eigenvalue weighted by atomic mass is 9.97. The Hall–Kier alpha value is -0.680. The highest BCUT2D eigenvalue weighted by Gasteiger charge is 2.22. The van der Waals surface area contributed by atoms with Gasteiger partial charge in [0.05, 0.1) is 10.9 Å². The number of piperidine rings is 1. The molecule has 0 spiro atoms. The van der Waals surface area contributed by atoms with Gasteiger partial charge in [0.25, 0.3) is 0 Å². The first kappa shape index (κ1) is 15.4. The molecule has 2 unspecified atom stereocenters. The SMILES string of the molecule is CCCC(C(=O)NCC1CCCN(C)C1)C(N)=S. The number of thiocarbonyl (C=S) groups is 1. The summed E-state index contributed by atoms with van der Waals surface area (Å²) in [7, 11) is 2.13. The molecule has 0 saturated carbocycles. The van der Waals surface area contributed by atoms with Crippen molar-refractivity contribution in [2.45, 2.75) is 32.6 Å². The van der Waals surface area contributed by atoms with Crippen LogP contribution in [0.5, 0.6) is 0 Å². The molecule has 0 aromatic rings. The standard InChI is InChI=1S/C13H25N3OS/c1-3-5-11(12(14)18)13(17)15-8-10-6-4-7-16(2)9-10/h10-11H,3-9H2,1-2H3,(H2,14,18)(H,15,17). The number of amides is 1. The molecule has 1 saturated heterocycles. The zero-order valence-corrected chi connectivity index (χ0v) is 12.3. The van der Waals surface area contributed by atoms with Crippen molar-refractivity contribution in [2.24, 2.45) is 17.6 Å². The van der Waals surface area contributed by atoms with E-state index in [2.05, 4.69) is 17.3 Å². The van der Waals surface area contributed by atoms with Crippen molar-refractivity contribution >= 4 is 23.1 Å². The van der Waals surface area contributed by atoms with Gasteiger partial charge in [-0.2, -0.15) is 0 Å². The molecule has 3 N–H and O–H groups in total. The smallest absolute Gasteiger partial charge is 0.229 e. The van der Waals surface area contributed by atoms with E-state index in [4.69, 9.17) is 18.0 Å².